The lowest BCUT2D eigenvalue weighted by Gasteiger charge is -2.20. The van der Waals surface area contributed by atoms with Crippen LogP contribution in [-0.2, 0) is 13.0 Å². The van der Waals surface area contributed by atoms with Gasteiger partial charge in [0, 0.05) is 29.9 Å². The normalized spacial score (nSPS) is 13.6. The lowest BCUT2D eigenvalue weighted by molar-refractivity contribution is 0.134. The van der Waals surface area contributed by atoms with Gasteiger partial charge < -0.3 is 10.4 Å². The summed E-state index contributed by atoms with van der Waals surface area (Å²) in [5, 5.41) is 14.7. The van der Waals surface area contributed by atoms with E-state index in [0.29, 0.717) is 13.0 Å². The quantitative estimate of drug-likeness (QED) is 0.693. The van der Waals surface area contributed by atoms with Crippen LogP contribution in [0.15, 0.2) is 60.9 Å². The van der Waals surface area contributed by atoms with E-state index in [-0.39, 0.29) is 6.04 Å². The van der Waals surface area contributed by atoms with Crippen molar-refractivity contribution in [3.8, 4) is 10.7 Å². The molecule has 0 saturated heterocycles. The van der Waals surface area contributed by atoms with Gasteiger partial charge >= 0.3 is 0 Å². The van der Waals surface area contributed by atoms with Gasteiger partial charge in [0.1, 0.15) is 5.01 Å². The van der Waals surface area contributed by atoms with Crippen LogP contribution in [-0.4, -0.2) is 27.2 Å². The molecule has 0 amide bonds. The number of nitrogens with zero attached hydrogens (tertiary/aromatic N) is 2. The highest BCUT2D eigenvalue weighted by molar-refractivity contribution is 7.14. The minimum Gasteiger partial charge on any atom is -0.391 e. The first-order valence-electron chi connectivity index (χ1n) is 8.04. The van der Waals surface area contributed by atoms with E-state index in [4.69, 9.17) is 0 Å². The summed E-state index contributed by atoms with van der Waals surface area (Å²) >= 11 is 1.63. The molecular weight excluding hydrogens is 318 g/mol. The molecular formula is C19H21N3OS. The molecule has 0 aliphatic rings. The first-order valence-corrected chi connectivity index (χ1v) is 8.85. The number of nitrogens with one attached hydrogen (secondary N) is 1. The molecule has 0 fully saturated rings. The standard InChI is InChI=1S/C19H21N3OS/c1-14(18(23)11-15-7-3-2-4-8-15)21-12-16-13-22-19(24-16)17-9-5-6-10-20-17/h2-10,13-14,18,21,23H,11-12H2,1H3. The predicted molar refractivity (Wildman–Crippen MR) is 97.8 cm³/mol. The van der Waals surface area contributed by atoms with Gasteiger partial charge in [-0.05, 0) is 31.0 Å². The van der Waals surface area contributed by atoms with Crippen LogP contribution >= 0.6 is 11.3 Å². The van der Waals surface area contributed by atoms with E-state index in [1.165, 1.54) is 0 Å². The van der Waals surface area contributed by atoms with Gasteiger partial charge in [0.2, 0.25) is 0 Å². The van der Waals surface area contributed by atoms with Crippen LogP contribution in [0.3, 0.4) is 0 Å². The second-order valence-electron chi connectivity index (χ2n) is 5.77. The second-order valence-corrected chi connectivity index (χ2v) is 6.89. The maximum absolute atomic E-state index is 10.3. The summed E-state index contributed by atoms with van der Waals surface area (Å²) in [5.74, 6) is 0. The third-order valence-electron chi connectivity index (χ3n) is 3.90. The van der Waals surface area contributed by atoms with E-state index in [0.717, 1.165) is 21.1 Å². The minimum atomic E-state index is -0.421. The fraction of sp³-hybridized carbons (Fsp3) is 0.263. The highest BCUT2D eigenvalue weighted by Crippen LogP contribution is 2.23. The molecule has 0 saturated carbocycles. The third-order valence-corrected chi connectivity index (χ3v) is 4.92. The summed E-state index contributed by atoms with van der Waals surface area (Å²) in [6.07, 6.45) is 3.88. The van der Waals surface area contributed by atoms with Gasteiger partial charge in [-0.2, -0.15) is 0 Å². The van der Waals surface area contributed by atoms with E-state index in [9.17, 15) is 5.11 Å². The van der Waals surface area contributed by atoms with E-state index in [1.54, 1.807) is 17.5 Å². The van der Waals surface area contributed by atoms with Crippen LogP contribution in [0.2, 0.25) is 0 Å². The maximum atomic E-state index is 10.3. The molecule has 3 rings (SSSR count). The number of aliphatic hydroxyl groups is 1. The van der Waals surface area contributed by atoms with Crippen molar-refractivity contribution in [1.29, 1.82) is 0 Å². The lowest BCUT2D eigenvalue weighted by atomic mass is 10.0. The summed E-state index contributed by atoms with van der Waals surface area (Å²) < 4.78 is 0. The van der Waals surface area contributed by atoms with Crippen molar-refractivity contribution < 1.29 is 5.11 Å². The van der Waals surface area contributed by atoms with Crippen LogP contribution < -0.4 is 5.32 Å². The van der Waals surface area contributed by atoms with Crippen molar-refractivity contribution in [2.75, 3.05) is 0 Å². The Labute approximate surface area is 146 Å². The summed E-state index contributed by atoms with van der Waals surface area (Å²) in [6, 6.07) is 15.9. The van der Waals surface area contributed by atoms with Crippen LogP contribution in [0.25, 0.3) is 10.7 Å². The monoisotopic (exact) mass is 339 g/mol. The van der Waals surface area contributed by atoms with Crippen molar-refractivity contribution in [2.24, 2.45) is 0 Å². The fourth-order valence-corrected chi connectivity index (χ4v) is 3.27. The van der Waals surface area contributed by atoms with Gasteiger partial charge in [0.15, 0.2) is 0 Å². The van der Waals surface area contributed by atoms with E-state index in [2.05, 4.69) is 15.3 Å². The van der Waals surface area contributed by atoms with E-state index >= 15 is 0 Å². The first kappa shape index (κ1) is 16.8. The number of hydrogen-bond donors (Lipinski definition) is 2. The molecule has 0 aliphatic carbocycles. The Morgan fingerprint density at radius 2 is 1.88 bits per heavy atom. The molecule has 124 valence electrons. The van der Waals surface area contributed by atoms with Gasteiger partial charge in [0.25, 0.3) is 0 Å². The number of aliphatic hydroxyl groups excluding tert-OH is 1. The minimum absolute atomic E-state index is 0.00519. The Morgan fingerprint density at radius 1 is 1.08 bits per heavy atom. The highest BCUT2D eigenvalue weighted by Gasteiger charge is 2.15. The lowest BCUT2D eigenvalue weighted by Crippen LogP contribution is -2.38. The zero-order valence-electron chi connectivity index (χ0n) is 13.6. The molecule has 2 N–H and O–H groups in total. The molecule has 24 heavy (non-hydrogen) atoms. The largest absolute Gasteiger partial charge is 0.391 e. The maximum Gasteiger partial charge on any atom is 0.142 e. The summed E-state index contributed by atoms with van der Waals surface area (Å²) in [5.41, 5.74) is 2.04. The van der Waals surface area contributed by atoms with Gasteiger partial charge in [-0.15, -0.1) is 11.3 Å². The van der Waals surface area contributed by atoms with Gasteiger partial charge in [-0.1, -0.05) is 36.4 Å². The van der Waals surface area contributed by atoms with Crippen LogP contribution in [0.5, 0.6) is 0 Å². The smallest absolute Gasteiger partial charge is 0.142 e. The highest BCUT2D eigenvalue weighted by atomic mass is 32.1. The molecule has 3 aromatic rings. The van der Waals surface area contributed by atoms with Gasteiger partial charge in [-0.25, -0.2) is 4.98 Å². The Balaban J connectivity index is 1.53. The van der Waals surface area contributed by atoms with E-state index in [1.807, 2.05) is 61.7 Å². The first-order chi connectivity index (χ1) is 11.7. The molecule has 2 heterocycles. The van der Waals surface area contributed by atoms with Crippen molar-refractivity contribution in [3.63, 3.8) is 0 Å². The second kappa shape index (κ2) is 8.15. The average Bonchev–Trinajstić information content (AvgIpc) is 3.10. The molecule has 1 aromatic carbocycles. The molecule has 0 aliphatic heterocycles. The Hall–Kier alpha value is -2.08. The Bertz CT molecular complexity index is 746. The number of thiazole rings is 1. The zero-order valence-corrected chi connectivity index (χ0v) is 14.4. The Kier molecular flexibility index (Phi) is 5.69. The van der Waals surface area contributed by atoms with Crippen molar-refractivity contribution in [1.82, 2.24) is 15.3 Å². The molecule has 0 bridgehead atoms. The zero-order chi connectivity index (χ0) is 16.8. The molecule has 2 aromatic heterocycles. The Morgan fingerprint density at radius 3 is 2.62 bits per heavy atom. The number of hydrogen-bond acceptors (Lipinski definition) is 5. The molecule has 2 atom stereocenters. The van der Waals surface area contributed by atoms with Gasteiger partial charge in [0.05, 0.1) is 11.8 Å². The number of pyridine rings is 1. The predicted octanol–water partition coefficient (Wildman–Crippen LogP) is 3.29. The van der Waals surface area contributed by atoms with Gasteiger partial charge in [-0.3, -0.25) is 4.98 Å². The van der Waals surface area contributed by atoms with Crippen LogP contribution in [0.4, 0.5) is 0 Å². The average molecular weight is 339 g/mol. The SMILES string of the molecule is CC(NCc1cnc(-c2ccccn2)s1)C(O)Cc1ccccc1. The van der Waals surface area contributed by atoms with Crippen molar-refractivity contribution in [3.05, 3.63) is 71.4 Å². The topological polar surface area (TPSA) is 58.0 Å². The fourth-order valence-electron chi connectivity index (χ4n) is 2.43. The molecule has 4 nitrogen and oxygen atoms in total. The molecule has 2 unspecified atom stereocenters. The molecule has 5 heteroatoms. The number of benzene rings is 1. The van der Waals surface area contributed by atoms with Crippen molar-refractivity contribution >= 4 is 11.3 Å². The number of aromatic nitrogens is 2. The molecule has 0 radical (unpaired) electrons. The van der Waals surface area contributed by atoms with Crippen molar-refractivity contribution in [2.45, 2.75) is 32.0 Å². The summed E-state index contributed by atoms with van der Waals surface area (Å²) in [6.45, 7) is 2.70. The van der Waals surface area contributed by atoms with Crippen LogP contribution in [0, 0.1) is 0 Å². The summed E-state index contributed by atoms with van der Waals surface area (Å²) in [7, 11) is 0. The van der Waals surface area contributed by atoms with E-state index < -0.39 is 6.10 Å². The van der Waals surface area contributed by atoms with Crippen LogP contribution in [0.1, 0.15) is 17.4 Å². The summed E-state index contributed by atoms with van der Waals surface area (Å²) in [4.78, 5) is 9.88. The third kappa shape index (κ3) is 4.47. The molecule has 0 spiro atoms. The number of rotatable bonds is 7.